The van der Waals surface area contributed by atoms with Crippen molar-refractivity contribution in [2.45, 2.75) is 79.2 Å². The van der Waals surface area contributed by atoms with Crippen LogP contribution >= 0.6 is 0 Å². The summed E-state index contributed by atoms with van der Waals surface area (Å²) in [6, 6.07) is 6.85. The third kappa shape index (κ3) is 4.94. The predicted octanol–water partition coefficient (Wildman–Crippen LogP) is -2.71. The van der Waals surface area contributed by atoms with Crippen LogP contribution < -0.4 is 4.74 Å². The number of ether oxygens (including phenoxy) is 3. The van der Waals surface area contributed by atoms with Crippen LogP contribution in [-0.2, 0) is 14.3 Å². The molecule has 0 radical (unpaired) electrons. The van der Waals surface area contributed by atoms with Gasteiger partial charge in [0.25, 0.3) is 0 Å². The quantitative estimate of drug-likeness (QED) is 0.102. The molecular formula is C30H38O16. The van der Waals surface area contributed by atoms with Gasteiger partial charge in [0, 0.05) is 5.92 Å². The summed E-state index contributed by atoms with van der Waals surface area (Å²) in [6.45, 7) is 1.14. The number of phenolic OH excluding ortho intramolecular Hbond substituents is 3. The predicted molar refractivity (Wildman–Crippen MR) is 153 cm³/mol. The fourth-order valence-electron chi connectivity index (χ4n) is 6.22. The molecule has 16 nitrogen and oxygen atoms in total. The first kappa shape index (κ1) is 35.5. The number of rotatable bonds is 8. The molecule has 0 amide bonds. The van der Waals surface area contributed by atoms with E-state index in [1.807, 2.05) is 0 Å². The molecule has 2 aromatic carbocycles. The van der Waals surface area contributed by atoms with E-state index in [1.54, 1.807) is 0 Å². The molecule has 46 heavy (non-hydrogen) atoms. The molecule has 2 aromatic rings. The van der Waals surface area contributed by atoms with Crippen LogP contribution in [0.1, 0.15) is 30.9 Å². The van der Waals surface area contributed by atoms with Crippen molar-refractivity contribution in [2.24, 2.45) is 0 Å². The van der Waals surface area contributed by atoms with Gasteiger partial charge in [-0.05, 0) is 48.4 Å². The van der Waals surface area contributed by atoms with Crippen molar-refractivity contribution in [2.75, 3.05) is 13.7 Å². The number of phenols is 3. The number of methoxy groups -OCH3 is 1. The molecule has 254 valence electrons. The SMILES string of the molecule is COc1ccc(C(C)C2(O)O[C@H](CO)[C@@H](O)[C@H](O)[C@@]2(O)[C@@]2(O)C(O)O[C@@H](C)[C@@H](O)[C@]2(O)C(=O)/C=C/c2ccc(O)c(O)c2)cc1O. The summed E-state index contributed by atoms with van der Waals surface area (Å²) in [5.41, 5.74) is -11.9. The van der Waals surface area contributed by atoms with Crippen LogP contribution in [0.4, 0.5) is 0 Å². The lowest BCUT2D eigenvalue weighted by Crippen LogP contribution is -2.92. The molecule has 2 saturated heterocycles. The maximum Gasteiger partial charge on any atom is 0.208 e. The Balaban J connectivity index is 1.97. The van der Waals surface area contributed by atoms with E-state index in [-0.39, 0.29) is 16.9 Å². The van der Waals surface area contributed by atoms with Crippen molar-refractivity contribution in [3.8, 4) is 23.0 Å². The molecule has 0 bridgehead atoms. The van der Waals surface area contributed by atoms with Crippen LogP contribution in [0.15, 0.2) is 42.5 Å². The zero-order chi connectivity index (χ0) is 34.6. The largest absolute Gasteiger partial charge is 0.504 e. The average molecular weight is 655 g/mol. The standard InChI is InChI=1S/C30H38O16/c1-13(16-6-8-20(44-3)19(34)11-16)30(43)28(41,25(38)23(36)21(12-31)46-30)29(42)26(39)45-14(2)24(37)27(29,40)22(35)9-5-15-4-7-17(32)18(33)10-15/h4-11,13-14,21,23-26,31-34,36-43H,12H2,1-3H3/b9-5+/t13?,14-,21+,23+,24+,25-,26?,27+,28+,29+,30?/m0/s1. The maximum absolute atomic E-state index is 13.8. The lowest BCUT2D eigenvalue weighted by molar-refractivity contribution is -0.476. The number of ketones is 1. The first-order valence-electron chi connectivity index (χ1n) is 14.0. The molecule has 0 saturated carbocycles. The fraction of sp³-hybridized carbons (Fsp3) is 0.500. The van der Waals surface area contributed by atoms with E-state index in [9.17, 15) is 66.1 Å². The van der Waals surface area contributed by atoms with Gasteiger partial charge in [0.2, 0.25) is 5.79 Å². The van der Waals surface area contributed by atoms with Crippen LogP contribution in [-0.4, -0.2) is 140 Å². The summed E-state index contributed by atoms with van der Waals surface area (Å²) in [4.78, 5) is 13.8. The summed E-state index contributed by atoms with van der Waals surface area (Å²) in [5, 5.41) is 133. The Kier molecular flexibility index (Phi) is 9.50. The van der Waals surface area contributed by atoms with Gasteiger partial charge in [-0.2, -0.15) is 0 Å². The molecule has 0 spiro atoms. The van der Waals surface area contributed by atoms with E-state index in [1.165, 1.54) is 25.3 Å². The number of hydrogen-bond acceptors (Lipinski definition) is 16. The molecule has 2 heterocycles. The number of hydrogen-bond donors (Lipinski definition) is 12. The van der Waals surface area contributed by atoms with Crippen LogP contribution in [0.5, 0.6) is 23.0 Å². The summed E-state index contributed by atoms with van der Waals surface area (Å²) >= 11 is 0. The van der Waals surface area contributed by atoms with Gasteiger partial charge in [0.1, 0.15) is 24.4 Å². The monoisotopic (exact) mass is 654 g/mol. The molecular weight excluding hydrogens is 616 g/mol. The maximum atomic E-state index is 13.8. The van der Waals surface area contributed by atoms with Gasteiger partial charge in [-0.25, -0.2) is 0 Å². The number of carbonyl (C=O) groups excluding carboxylic acids is 1. The van der Waals surface area contributed by atoms with Crippen LogP contribution in [0.3, 0.4) is 0 Å². The van der Waals surface area contributed by atoms with E-state index < -0.39 is 95.0 Å². The summed E-state index contributed by atoms with van der Waals surface area (Å²) in [5.74, 6) is -8.43. The Morgan fingerprint density at radius 3 is 2.15 bits per heavy atom. The van der Waals surface area contributed by atoms with Crippen LogP contribution in [0.2, 0.25) is 0 Å². The normalized spacial score (nSPS) is 38.9. The van der Waals surface area contributed by atoms with E-state index >= 15 is 0 Å². The number of carbonyl (C=O) groups is 1. The first-order valence-corrected chi connectivity index (χ1v) is 14.0. The highest BCUT2D eigenvalue weighted by Crippen LogP contribution is 2.56. The Morgan fingerprint density at radius 2 is 1.59 bits per heavy atom. The molecule has 3 unspecified atom stereocenters. The Labute approximate surface area is 261 Å². The fourth-order valence-corrected chi connectivity index (χ4v) is 6.22. The molecule has 12 N–H and O–H groups in total. The summed E-state index contributed by atoms with van der Waals surface area (Å²) < 4.78 is 15.7. The summed E-state index contributed by atoms with van der Waals surface area (Å²) in [7, 11) is 1.25. The van der Waals surface area contributed by atoms with Crippen molar-refractivity contribution < 1.29 is 80.3 Å². The lowest BCUT2D eigenvalue weighted by atomic mass is 9.55. The number of aliphatic hydroxyl groups excluding tert-OH is 5. The van der Waals surface area contributed by atoms with E-state index in [0.29, 0.717) is 6.08 Å². The zero-order valence-electron chi connectivity index (χ0n) is 24.9. The zero-order valence-corrected chi connectivity index (χ0v) is 24.9. The minimum absolute atomic E-state index is 0.0213. The third-order valence-corrected chi connectivity index (χ3v) is 9.02. The molecule has 0 aromatic heterocycles. The minimum atomic E-state index is -4.07. The average Bonchev–Trinajstić information content (AvgIpc) is 3.03. The molecule has 2 aliphatic rings. The van der Waals surface area contributed by atoms with Crippen molar-refractivity contribution in [1.29, 1.82) is 0 Å². The van der Waals surface area contributed by atoms with Gasteiger partial charge in [-0.15, -0.1) is 0 Å². The second kappa shape index (κ2) is 12.3. The highest BCUT2D eigenvalue weighted by Gasteiger charge is 2.84. The van der Waals surface area contributed by atoms with Crippen molar-refractivity contribution in [3.63, 3.8) is 0 Å². The number of aliphatic hydroxyl groups is 9. The summed E-state index contributed by atoms with van der Waals surface area (Å²) in [6.07, 6.45) is -12.7. The molecule has 0 aliphatic carbocycles. The van der Waals surface area contributed by atoms with Crippen molar-refractivity contribution in [3.05, 3.63) is 53.6 Å². The van der Waals surface area contributed by atoms with Gasteiger partial charge in [-0.3, -0.25) is 4.79 Å². The molecule has 2 aliphatic heterocycles. The molecule has 11 atom stereocenters. The van der Waals surface area contributed by atoms with E-state index in [0.717, 1.165) is 38.1 Å². The van der Waals surface area contributed by atoms with Crippen LogP contribution in [0, 0.1) is 0 Å². The van der Waals surface area contributed by atoms with Gasteiger partial charge in [-0.1, -0.05) is 25.1 Å². The molecule has 16 heteroatoms. The third-order valence-electron chi connectivity index (χ3n) is 9.02. The second-order valence-corrected chi connectivity index (χ2v) is 11.5. The Bertz CT molecular complexity index is 1480. The van der Waals surface area contributed by atoms with Crippen molar-refractivity contribution in [1.82, 2.24) is 0 Å². The minimum Gasteiger partial charge on any atom is -0.504 e. The molecule has 4 rings (SSSR count). The highest BCUT2D eigenvalue weighted by atomic mass is 16.7. The number of aromatic hydroxyl groups is 3. The Hall–Kier alpha value is -3.39. The lowest BCUT2D eigenvalue weighted by Gasteiger charge is -2.65. The van der Waals surface area contributed by atoms with Crippen molar-refractivity contribution >= 4 is 11.9 Å². The van der Waals surface area contributed by atoms with Gasteiger partial charge in [0.15, 0.2) is 51.9 Å². The second-order valence-electron chi connectivity index (χ2n) is 11.5. The highest BCUT2D eigenvalue weighted by molar-refractivity contribution is 6.02. The first-order chi connectivity index (χ1) is 21.4. The van der Waals surface area contributed by atoms with E-state index in [2.05, 4.69) is 0 Å². The number of benzene rings is 2. The van der Waals surface area contributed by atoms with Crippen LogP contribution in [0.25, 0.3) is 6.08 Å². The smallest absolute Gasteiger partial charge is 0.208 e. The van der Waals surface area contributed by atoms with Gasteiger partial charge < -0.3 is 75.5 Å². The molecule has 2 fully saturated rings. The topological polar surface area (TPSA) is 288 Å². The Morgan fingerprint density at radius 1 is 0.935 bits per heavy atom. The van der Waals surface area contributed by atoms with Gasteiger partial charge in [0.05, 0.1) is 19.8 Å². The van der Waals surface area contributed by atoms with E-state index in [4.69, 9.17) is 14.2 Å². The van der Waals surface area contributed by atoms with Gasteiger partial charge >= 0.3 is 0 Å².